The Balaban J connectivity index is 1.88. The average molecular weight is 714 g/mol. The van der Waals surface area contributed by atoms with Crippen LogP contribution in [0.4, 0.5) is 9.59 Å². The molecule has 0 radical (unpaired) electrons. The van der Waals surface area contributed by atoms with E-state index in [2.05, 4.69) is 4.76 Å². The van der Waals surface area contributed by atoms with E-state index in [-0.39, 0.29) is 19.6 Å². The Hall–Kier alpha value is -4.91. The van der Waals surface area contributed by atoms with Gasteiger partial charge in [0.25, 0.3) is 0 Å². The predicted molar refractivity (Wildman–Crippen MR) is 183 cm³/mol. The summed E-state index contributed by atoms with van der Waals surface area (Å²) < 4.78 is 51.1. The lowest BCUT2D eigenvalue weighted by Gasteiger charge is -2.30. The smallest absolute Gasteiger partial charge is 0.480 e. The van der Waals surface area contributed by atoms with Crippen LogP contribution in [-0.4, -0.2) is 59.9 Å². The molecule has 0 amide bonds. The van der Waals surface area contributed by atoms with Gasteiger partial charge in [0.1, 0.15) is 19.3 Å². The molecular weight excluding hydrogens is 669 g/mol. The molecule has 0 bridgehead atoms. The van der Waals surface area contributed by atoms with Gasteiger partial charge in [-0.3, -0.25) is 0 Å². The fraction of sp³-hybridized carbons (Fsp3) is 0.371. The fourth-order valence-corrected chi connectivity index (χ4v) is 5.80. The molecular formula is C35H44N3O11P. The van der Waals surface area contributed by atoms with Crippen LogP contribution in [0, 0.1) is 11.8 Å². The molecule has 0 saturated heterocycles. The summed E-state index contributed by atoms with van der Waals surface area (Å²) in [6.45, 7) is 6.21. The lowest BCUT2D eigenvalue weighted by Crippen LogP contribution is -2.47. The number of ether oxygens (including phenoxy) is 4. The van der Waals surface area contributed by atoms with Crippen molar-refractivity contribution in [1.29, 1.82) is 0 Å². The van der Waals surface area contributed by atoms with Crippen molar-refractivity contribution in [3.8, 4) is 0 Å². The highest BCUT2D eigenvalue weighted by Gasteiger charge is 2.40. The molecule has 3 atom stereocenters. The third kappa shape index (κ3) is 13.2. The number of carboxylic acid groups (broad SMARTS) is 1. The van der Waals surface area contributed by atoms with Gasteiger partial charge in [-0.25, -0.2) is 28.0 Å². The van der Waals surface area contributed by atoms with Gasteiger partial charge in [-0.15, -0.1) is 4.76 Å². The molecule has 0 aliphatic rings. The first-order chi connectivity index (χ1) is 23.8. The summed E-state index contributed by atoms with van der Waals surface area (Å²) in [5.74, 6) is -3.05. The van der Waals surface area contributed by atoms with Crippen molar-refractivity contribution in [1.82, 2.24) is 4.90 Å². The van der Waals surface area contributed by atoms with Crippen molar-refractivity contribution in [2.45, 2.75) is 66.0 Å². The highest BCUT2D eigenvalue weighted by Crippen LogP contribution is 2.54. The van der Waals surface area contributed by atoms with Crippen LogP contribution >= 0.6 is 7.75 Å². The number of carboxylic acids is 1. The molecule has 270 valence electrons. The van der Waals surface area contributed by atoms with E-state index in [9.17, 15) is 24.1 Å². The molecule has 15 heteroatoms. The molecule has 0 aliphatic carbocycles. The van der Waals surface area contributed by atoms with Gasteiger partial charge in [-0.05, 0) is 16.7 Å². The zero-order chi connectivity index (χ0) is 36.7. The predicted octanol–water partition coefficient (Wildman–Crippen LogP) is 6.74. The number of hydrogen-bond donors (Lipinski definition) is 2. The summed E-state index contributed by atoms with van der Waals surface area (Å²) in [7, 11) is -3.56. The Morgan fingerprint density at radius 1 is 0.720 bits per heavy atom. The van der Waals surface area contributed by atoms with Gasteiger partial charge in [0.2, 0.25) is 18.5 Å². The third-order valence-electron chi connectivity index (χ3n) is 7.00. The zero-order valence-electron chi connectivity index (χ0n) is 28.6. The second-order valence-electron chi connectivity index (χ2n) is 11.8. The topological polar surface area (TPSA) is 186 Å². The zero-order valence-corrected chi connectivity index (χ0v) is 29.5. The largest absolute Gasteiger partial charge is 0.510 e. The van der Waals surface area contributed by atoms with Crippen LogP contribution in [0.25, 0.3) is 0 Å². The van der Waals surface area contributed by atoms with Crippen LogP contribution in [0.2, 0.25) is 0 Å². The summed E-state index contributed by atoms with van der Waals surface area (Å²) in [5, 5.41) is 10.0. The standard InChI is InChI=1S/C35H44N3O11P/c1-24(2)31(46-34(41)44-22-27-17-11-7-12-18-27)48-50(43,37-33(36)38(5)29(30(39)40)21-26-15-9-6-10-16-26)49-32(25(3)4)47-35(42)45-23-28-19-13-8-14-20-28/h6-20,24-25,29,31-32H,21-23H2,1-5H3,(H,39,40)(H2,36,37,43). The van der Waals surface area contributed by atoms with E-state index in [0.29, 0.717) is 16.7 Å². The SMILES string of the molecule is CC(C)C(OC(=O)OCc1ccccc1)OP(=O)(N=C(N)N(C)C(Cc1ccccc1)C(=O)O)OC(OC(=O)OCc1ccccc1)C(C)C. The van der Waals surface area contributed by atoms with Gasteiger partial charge in [0.15, 0.2) is 0 Å². The van der Waals surface area contributed by atoms with Crippen LogP contribution in [0.1, 0.15) is 44.4 Å². The lowest BCUT2D eigenvalue weighted by molar-refractivity contribution is -0.141. The van der Waals surface area contributed by atoms with E-state index >= 15 is 0 Å². The fourth-order valence-electron chi connectivity index (χ4n) is 4.17. The van der Waals surface area contributed by atoms with Gasteiger partial charge in [-0.1, -0.05) is 119 Å². The van der Waals surface area contributed by atoms with Crippen LogP contribution in [-0.2, 0) is 57.0 Å². The molecule has 0 heterocycles. The van der Waals surface area contributed by atoms with Crippen molar-refractivity contribution in [2.75, 3.05) is 7.05 Å². The first-order valence-electron chi connectivity index (χ1n) is 15.8. The number of carbonyl (C=O) groups is 3. The van der Waals surface area contributed by atoms with E-state index in [1.165, 1.54) is 7.05 Å². The van der Waals surface area contributed by atoms with E-state index in [1.807, 2.05) is 12.1 Å². The molecule has 3 N–H and O–H groups in total. The normalized spacial score (nSPS) is 14.6. The summed E-state index contributed by atoms with van der Waals surface area (Å²) in [6, 6.07) is 25.3. The molecule has 0 aromatic heterocycles. The second kappa shape index (κ2) is 19.3. The number of rotatable bonds is 17. The van der Waals surface area contributed by atoms with Gasteiger partial charge in [0, 0.05) is 25.3 Å². The molecule has 0 spiro atoms. The first kappa shape index (κ1) is 39.5. The summed E-state index contributed by atoms with van der Waals surface area (Å²) in [5.41, 5.74) is 8.33. The number of carbonyl (C=O) groups excluding carboxylic acids is 2. The minimum absolute atomic E-state index is 0.0187. The van der Waals surface area contributed by atoms with Crippen LogP contribution in [0.5, 0.6) is 0 Å². The first-order valence-corrected chi connectivity index (χ1v) is 17.3. The average Bonchev–Trinajstić information content (AvgIpc) is 3.09. The Morgan fingerprint density at radius 2 is 1.10 bits per heavy atom. The number of likely N-dealkylation sites (N-methyl/N-ethyl adjacent to an activating group) is 1. The number of nitrogens with zero attached hydrogens (tertiary/aromatic N) is 2. The van der Waals surface area contributed by atoms with Gasteiger partial charge < -0.3 is 34.7 Å². The molecule has 3 unspecified atom stereocenters. The summed E-state index contributed by atoms with van der Waals surface area (Å²) >= 11 is 0. The number of aliphatic carboxylic acids is 1. The van der Waals surface area contributed by atoms with Crippen molar-refractivity contribution < 1.29 is 52.1 Å². The summed E-state index contributed by atoms with van der Waals surface area (Å²) in [4.78, 5) is 38.7. The van der Waals surface area contributed by atoms with Crippen LogP contribution in [0.3, 0.4) is 0 Å². The van der Waals surface area contributed by atoms with E-state index in [4.69, 9.17) is 33.7 Å². The molecule has 3 aromatic rings. The third-order valence-corrected chi connectivity index (χ3v) is 8.40. The molecule has 0 saturated carbocycles. The van der Waals surface area contributed by atoms with E-state index in [0.717, 1.165) is 4.90 Å². The maximum absolute atomic E-state index is 14.5. The molecule has 3 rings (SSSR count). The number of hydrogen-bond acceptors (Lipinski definition) is 10. The maximum atomic E-state index is 14.5. The Morgan fingerprint density at radius 3 is 1.46 bits per heavy atom. The van der Waals surface area contributed by atoms with Gasteiger partial charge in [-0.2, -0.15) is 0 Å². The molecule has 0 aliphatic heterocycles. The van der Waals surface area contributed by atoms with Gasteiger partial charge in [0.05, 0.1) is 0 Å². The molecule has 14 nitrogen and oxygen atoms in total. The monoisotopic (exact) mass is 713 g/mol. The minimum Gasteiger partial charge on any atom is -0.480 e. The summed E-state index contributed by atoms with van der Waals surface area (Å²) in [6.07, 6.45) is -5.39. The molecule has 50 heavy (non-hydrogen) atoms. The number of benzene rings is 3. The van der Waals surface area contributed by atoms with Crippen molar-refractivity contribution in [3.63, 3.8) is 0 Å². The highest BCUT2D eigenvalue weighted by atomic mass is 31.2. The maximum Gasteiger partial charge on any atom is 0.510 e. The number of guanidine groups is 1. The quantitative estimate of drug-likeness (QED) is 0.0493. The van der Waals surface area contributed by atoms with Crippen LogP contribution in [0.15, 0.2) is 95.8 Å². The minimum atomic E-state index is -4.91. The molecule has 0 fully saturated rings. The van der Waals surface area contributed by atoms with Crippen LogP contribution < -0.4 is 5.73 Å². The van der Waals surface area contributed by atoms with Crippen molar-refractivity contribution >= 4 is 32.0 Å². The Labute approximate surface area is 291 Å². The lowest BCUT2D eigenvalue weighted by atomic mass is 10.1. The Kier molecular flexibility index (Phi) is 15.3. The van der Waals surface area contributed by atoms with E-state index < -0.39 is 62.4 Å². The second-order valence-corrected chi connectivity index (χ2v) is 13.4. The van der Waals surface area contributed by atoms with Crippen molar-refractivity contribution in [3.05, 3.63) is 108 Å². The van der Waals surface area contributed by atoms with Gasteiger partial charge >= 0.3 is 26.0 Å². The number of nitrogens with two attached hydrogens (primary N) is 1. The highest BCUT2D eigenvalue weighted by molar-refractivity contribution is 7.52. The Bertz CT molecular complexity index is 1520. The van der Waals surface area contributed by atoms with E-state index in [1.54, 1.807) is 107 Å². The molecule has 3 aromatic carbocycles. The van der Waals surface area contributed by atoms with Crippen molar-refractivity contribution in [2.24, 2.45) is 22.3 Å².